The molecule has 0 fully saturated rings. The van der Waals surface area contributed by atoms with Gasteiger partial charge in [-0.05, 0) is 24.1 Å². The highest BCUT2D eigenvalue weighted by atomic mass is 32.2. The predicted octanol–water partition coefficient (Wildman–Crippen LogP) is 1.83. The lowest BCUT2D eigenvalue weighted by Crippen LogP contribution is -2.30. The van der Waals surface area contributed by atoms with Crippen molar-refractivity contribution in [3.8, 4) is 5.75 Å². The number of aryl methyl sites for hydroxylation is 1. The van der Waals surface area contributed by atoms with Crippen molar-refractivity contribution in [2.24, 2.45) is 0 Å². The number of nitrogens with two attached hydrogens (primary N) is 1. The van der Waals surface area contributed by atoms with Gasteiger partial charge in [0, 0.05) is 24.9 Å². The lowest BCUT2D eigenvalue weighted by molar-refractivity contribution is 0.0982. The van der Waals surface area contributed by atoms with E-state index < -0.39 is 25.8 Å². The number of nitrogens with zero attached hydrogens (tertiary/aromatic N) is 2. The number of hydrogen-bond donors (Lipinski definition) is 3. The van der Waals surface area contributed by atoms with Crippen molar-refractivity contribution in [3.05, 3.63) is 65.4 Å². The zero-order valence-electron chi connectivity index (χ0n) is 19.3. The van der Waals surface area contributed by atoms with Crippen LogP contribution in [0.2, 0.25) is 0 Å². The smallest absolute Gasteiger partial charge is 0.270 e. The van der Waals surface area contributed by atoms with E-state index >= 15 is 0 Å². The number of sulfonamides is 1. The molecule has 0 saturated heterocycles. The maximum atomic E-state index is 12.2. The highest BCUT2D eigenvalue weighted by Gasteiger charge is 2.19. The van der Waals surface area contributed by atoms with Crippen molar-refractivity contribution in [2.45, 2.75) is 18.2 Å². The molecule has 4 N–H and O–H groups in total. The molecule has 1 heterocycles. The first kappa shape index (κ1) is 25.9. The summed E-state index contributed by atoms with van der Waals surface area (Å²) in [5, 5.41) is 2.92. The number of carbonyl (C=O) groups is 1. The Hall–Kier alpha value is -3.71. The molecule has 0 saturated carbocycles. The Labute approximate surface area is 203 Å². The lowest BCUT2D eigenvalue weighted by Gasteiger charge is -2.16. The third kappa shape index (κ3) is 7.13. The van der Waals surface area contributed by atoms with Crippen molar-refractivity contribution >= 4 is 43.2 Å². The second-order valence-corrected chi connectivity index (χ2v) is 11.5. The molecule has 0 unspecified atom stereocenters. The standard InChI is InChI=1S/C22H25N5O6S2/c1-14-11-17(25-22-24-13-16(20(23)26-22)21(28)27-35(3,31)32)18(12-19(14)34(2,29)30)33-10-9-15-7-5-4-6-8-15/h4-8,11-13H,9-10H2,1-3H3,(H,27,28)(H3,23,24,25,26). The summed E-state index contributed by atoms with van der Waals surface area (Å²) in [5.74, 6) is -0.958. The molecule has 0 radical (unpaired) electrons. The number of sulfone groups is 1. The summed E-state index contributed by atoms with van der Waals surface area (Å²) in [6.45, 7) is 1.92. The molecule has 0 bridgehead atoms. The summed E-state index contributed by atoms with van der Waals surface area (Å²) in [7, 11) is -7.31. The number of aromatic nitrogens is 2. The van der Waals surface area contributed by atoms with Crippen molar-refractivity contribution in [3.63, 3.8) is 0 Å². The SMILES string of the molecule is Cc1cc(Nc2ncc(C(=O)NS(C)(=O)=O)c(N)n2)c(OCCc2ccccc2)cc1S(C)(=O)=O. The van der Waals surface area contributed by atoms with Crippen LogP contribution in [0.3, 0.4) is 0 Å². The first-order chi connectivity index (χ1) is 16.3. The van der Waals surface area contributed by atoms with E-state index in [1.165, 1.54) is 6.07 Å². The first-order valence-corrected chi connectivity index (χ1v) is 14.0. The van der Waals surface area contributed by atoms with Crippen LogP contribution >= 0.6 is 0 Å². The Kier molecular flexibility index (Phi) is 7.60. The highest BCUT2D eigenvalue weighted by Crippen LogP contribution is 2.33. The van der Waals surface area contributed by atoms with Gasteiger partial charge in [0.2, 0.25) is 16.0 Å². The van der Waals surface area contributed by atoms with E-state index in [0.29, 0.717) is 17.7 Å². The summed E-state index contributed by atoms with van der Waals surface area (Å²) in [5.41, 5.74) is 7.52. The minimum atomic E-state index is -3.79. The highest BCUT2D eigenvalue weighted by molar-refractivity contribution is 7.90. The second-order valence-electron chi connectivity index (χ2n) is 7.79. The monoisotopic (exact) mass is 519 g/mol. The average Bonchev–Trinajstić information content (AvgIpc) is 2.74. The van der Waals surface area contributed by atoms with E-state index in [2.05, 4.69) is 15.3 Å². The third-order valence-corrected chi connectivity index (χ3v) is 6.55. The van der Waals surface area contributed by atoms with Gasteiger partial charge in [-0.25, -0.2) is 26.5 Å². The van der Waals surface area contributed by atoms with Gasteiger partial charge in [0.25, 0.3) is 5.91 Å². The molecule has 0 aliphatic heterocycles. The maximum Gasteiger partial charge on any atom is 0.270 e. The van der Waals surface area contributed by atoms with Crippen molar-refractivity contribution in [1.29, 1.82) is 0 Å². The molecular formula is C22H25N5O6S2. The summed E-state index contributed by atoms with van der Waals surface area (Å²) < 4.78 is 54.7. The summed E-state index contributed by atoms with van der Waals surface area (Å²) >= 11 is 0. The summed E-state index contributed by atoms with van der Waals surface area (Å²) in [4.78, 5) is 20.2. The first-order valence-electron chi connectivity index (χ1n) is 10.3. The molecule has 11 nitrogen and oxygen atoms in total. The molecule has 3 aromatic rings. The zero-order chi connectivity index (χ0) is 25.8. The van der Waals surface area contributed by atoms with Crippen LogP contribution in [0.25, 0.3) is 0 Å². The van der Waals surface area contributed by atoms with Gasteiger partial charge < -0.3 is 15.8 Å². The minimum absolute atomic E-state index is 0.00202. The van der Waals surface area contributed by atoms with Crippen molar-refractivity contribution in [1.82, 2.24) is 14.7 Å². The number of rotatable bonds is 9. The van der Waals surface area contributed by atoms with E-state index in [-0.39, 0.29) is 34.6 Å². The number of nitrogens with one attached hydrogen (secondary N) is 2. The fraction of sp³-hybridized carbons (Fsp3) is 0.227. The maximum absolute atomic E-state index is 12.2. The van der Waals surface area contributed by atoms with Crippen LogP contribution < -0.4 is 20.5 Å². The molecule has 0 aliphatic rings. The fourth-order valence-corrected chi connectivity index (χ4v) is 4.60. The van der Waals surface area contributed by atoms with Gasteiger partial charge in [0.15, 0.2) is 9.84 Å². The van der Waals surface area contributed by atoms with E-state index in [1.807, 2.05) is 30.3 Å². The third-order valence-electron chi connectivity index (χ3n) is 4.76. The molecule has 13 heteroatoms. The Bertz CT molecular complexity index is 1460. The largest absolute Gasteiger partial charge is 0.491 e. The van der Waals surface area contributed by atoms with Crippen LogP contribution in [0.1, 0.15) is 21.5 Å². The van der Waals surface area contributed by atoms with Crippen LogP contribution in [-0.4, -0.2) is 51.8 Å². The van der Waals surface area contributed by atoms with Crippen LogP contribution in [0.4, 0.5) is 17.5 Å². The molecule has 186 valence electrons. The molecular weight excluding hydrogens is 494 g/mol. The van der Waals surface area contributed by atoms with Gasteiger partial charge in [0.05, 0.1) is 23.4 Å². The number of carbonyl (C=O) groups excluding carboxylic acids is 1. The van der Waals surface area contributed by atoms with Gasteiger partial charge in [-0.2, -0.15) is 4.98 Å². The fourth-order valence-electron chi connectivity index (χ4n) is 3.18. The molecule has 0 spiro atoms. The zero-order valence-corrected chi connectivity index (χ0v) is 20.9. The van der Waals surface area contributed by atoms with Crippen molar-refractivity contribution < 1.29 is 26.4 Å². The Morgan fingerprint density at radius 1 is 1.09 bits per heavy atom. The second kappa shape index (κ2) is 10.3. The number of amides is 1. The predicted molar refractivity (Wildman–Crippen MR) is 132 cm³/mol. The topological polar surface area (TPSA) is 170 Å². The number of benzene rings is 2. The Morgan fingerprint density at radius 2 is 1.77 bits per heavy atom. The number of ether oxygens (including phenoxy) is 1. The molecule has 1 amide bonds. The van der Waals surface area contributed by atoms with E-state index in [4.69, 9.17) is 10.5 Å². The van der Waals surface area contributed by atoms with Gasteiger partial charge in [-0.15, -0.1) is 0 Å². The molecule has 3 rings (SSSR count). The lowest BCUT2D eigenvalue weighted by atomic mass is 10.1. The quantitative estimate of drug-likeness (QED) is 0.379. The molecule has 2 aromatic carbocycles. The number of anilines is 3. The van der Waals surface area contributed by atoms with Gasteiger partial charge >= 0.3 is 0 Å². The van der Waals surface area contributed by atoms with Crippen LogP contribution in [0.15, 0.2) is 53.6 Å². The summed E-state index contributed by atoms with van der Waals surface area (Å²) in [6.07, 6.45) is 3.62. The van der Waals surface area contributed by atoms with Gasteiger partial charge in [0.1, 0.15) is 17.1 Å². The van der Waals surface area contributed by atoms with Crippen LogP contribution in [0, 0.1) is 6.92 Å². The van der Waals surface area contributed by atoms with E-state index in [1.54, 1.807) is 17.7 Å². The van der Waals surface area contributed by atoms with Crippen LogP contribution in [0.5, 0.6) is 5.75 Å². The number of nitrogen functional groups attached to an aromatic ring is 1. The van der Waals surface area contributed by atoms with Gasteiger partial charge in [-0.3, -0.25) is 4.79 Å². The molecule has 35 heavy (non-hydrogen) atoms. The van der Waals surface area contributed by atoms with Crippen LogP contribution in [-0.2, 0) is 26.3 Å². The van der Waals surface area contributed by atoms with E-state index in [0.717, 1.165) is 24.3 Å². The molecule has 0 atom stereocenters. The van der Waals surface area contributed by atoms with Crippen molar-refractivity contribution in [2.75, 3.05) is 30.2 Å². The normalized spacial score (nSPS) is 11.6. The summed E-state index contributed by atoms with van der Waals surface area (Å²) in [6, 6.07) is 12.7. The molecule has 0 aliphatic carbocycles. The Balaban J connectivity index is 1.89. The molecule has 1 aromatic heterocycles. The Morgan fingerprint density at radius 3 is 2.37 bits per heavy atom. The number of hydrogen-bond acceptors (Lipinski definition) is 10. The minimum Gasteiger partial charge on any atom is -0.491 e. The van der Waals surface area contributed by atoms with E-state index in [9.17, 15) is 21.6 Å². The van der Waals surface area contributed by atoms with Gasteiger partial charge in [-0.1, -0.05) is 30.3 Å². The average molecular weight is 520 g/mol.